The first-order chi connectivity index (χ1) is 7.22. The maximum absolute atomic E-state index is 8.64. The van der Waals surface area contributed by atoms with Crippen molar-refractivity contribution in [3.8, 4) is 11.5 Å². The first-order valence-electron chi connectivity index (χ1n) is 4.72. The Morgan fingerprint density at radius 1 is 1.40 bits per heavy atom. The standard InChI is InChI=1S/C11H15NO3/c1-4-15-10-6-5-9(8(2)12-13)7-11(10)14-3/h5-7,13H,4H2,1-3H3. The minimum Gasteiger partial charge on any atom is -0.493 e. The summed E-state index contributed by atoms with van der Waals surface area (Å²) in [6.07, 6.45) is 0. The van der Waals surface area contributed by atoms with Gasteiger partial charge in [-0.15, -0.1) is 0 Å². The van der Waals surface area contributed by atoms with Crippen LogP contribution in [0.1, 0.15) is 19.4 Å². The van der Waals surface area contributed by atoms with Gasteiger partial charge in [-0.25, -0.2) is 0 Å². The average molecular weight is 209 g/mol. The largest absolute Gasteiger partial charge is 0.493 e. The van der Waals surface area contributed by atoms with Gasteiger partial charge in [-0.05, 0) is 32.0 Å². The van der Waals surface area contributed by atoms with Gasteiger partial charge in [0.2, 0.25) is 0 Å². The Hall–Kier alpha value is -1.71. The van der Waals surface area contributed by atoms with Crippen molar-refractivity contribution in [1.29, 1.82) is 0 Å². The predicted molar refractivity (Wildman–Crippen MR) is 58.2 cm³/mol. The van der Waals surface area contributed by atoms with Crippen LogP contribution in [0.25, 0.3) is 0 Å². The molecule has 0 aliphatic rings. The zero-order chi connectivity index (χ0) is 11.3. The van der Waals surface area contributed by atoms with Crippen molar-refractivity contribution in [2.75, 3.05) is 13.7 Å². The number of nitrogens with zero attached hydrogens (tertiary/aromatic N) is 1. The van der Waals surface area contributed by atoms with Crippen molar-refractivity contribution in [2.45, 2.75) is 13.8 Å². The lowest BCUT2D eigenvalue weighted by atomic mass is 10.1. The van der Waals surface area contributed by atoms with Gasteiger partial charge in [0, 0.05) is 5.56 Å². The molecule has 82 valence electrons. The van der Waals surface area contributed by atoms with E-state index in [1.807, 2.05) is 13.0 Å². The van der Waals surface area contributed by atoms with Crippen LogP contribution >= 0.6 is 0 Å². The van der Waals surface area contributed by atoms with Gasteiger partial charge >= 0.3 is 0 Å². The fraction of sp³-hybridized carbons (Fsp3) is 0.364. The molecule has 0 spiro atoms. The van der Waals surface area contributed by atoms with Crippen LogP contribution < -0.4 is 9.47 Å². The highest BCUT2D eigenvalue weighted by Crippen LogP contribution is 2.28. The number of benzene rings is 1. The lowest BCUT2D eigenvalue weighted by molar-refractivity contribution is 0.310. The van der Waals surface area contributed by atoms with Crippen molar-refractivity contribution in [3.05, 3.63) is 23.8 Å². The molecular formula is C11H15NO3. The smallest absolute Gasteiger partial charge is 0.161 e. The van der Waals surface area contributed by atoms with E-state index in [1.165, 1.54) is 0 Å². The van der Waals surface area contributed by atoms with E-state index < -0.39 is 0 Å². The van der Waals surface area contributed by atoms with Crippen molar-refractivity contribution in [3.63, 3.8) is 0 Å². The number of rotatable bonds is 4. The lowest BCUT2D eigenvalue weighted by Crippen LogP contribution is -1.99. The SMILES string of the molecule is CCOc1ccc(C(C)=NO)cc1OC. The van der Waals surface area contributed by atoms with Crippen molar-refractivity contribution in [1.82, 2.24) is 0 Å². The van der Waals surface area contributed by atoms with E-state index >= 15 is 0 Å². The van der Waals surface area contributed by atoms with Gasteiger partial charge in [0.25, 0.3) is 0 Å². The molecule has 15 heavy (non-hydrogen) atoms. The minimum absolute atomic E-state index is 0.538. The summed E-state index contributed by atoms with van der Waals surface area (Å²) < 4.78 is 10.5. The zero-order valence-electron chi connectivity index (χ0n) is 9.15. The summed E-state index contributed by atoms with van der Waals surface area (Å²) >= 11 is 0. The normalized spacial score (nSPS) is 11.3. The molecule has 0 aromatic heterocycles. The summed E-state index contributed by atoms with van der Waals surface area (Å²) in [6.45, 7) is 4.21. The Kier molecular flexibility index (Phi) is 3.97. The Morgan fingerprint density at radius 2 is 2.13 bits per heavy atom. The van der Waals surface area contributed by atoms with E-state index in [1.54, 1.807) is 26.2 Å². The van der Waals surface area contributed by atoms with Gasteiger partial charge in [0.1, 0.15) is 0 Å². The maximum atomic E-state index is 8.64. The van der Waals surface area contributed by atoms with Crippen molar-refractivity contribution < 1.29 is 14.7 Å². The Bertz CT molecular complexity index is 361. The van der Waals surface area contributed by atoms with E-state index in [-0.39, 0.29) is 0 Å². The molecule has 0 unspecified atom stereocenters. The van der Waals surface area contributed by atoms with Crippen LogP contribution in [0.2, 0.25) is 0 Å². The summed E-state index contributed by atoms with van der Waals surface area (Å²) in [5, 5.41) is 11.8. The van der Waals surface area contributed by atoms with Crippen LogP contribution in [0.3, 0.4) is 0 Å². The number of oxime groups is 1. The molecule has 0 saturated carbocycles. The van der Waals surface area contributed by atoms with Gasteiger partial charge < -0.3 is 14.7 Å². The fourth-order valence-corrected chi connectivity index (χ4v) is 1.23. The van der Waals surface area contributed by atoms with Crippen LogP contribution in [0, 0.1) is 0 Å². The van der Waals surface area contributed by atoms with E-state index in [0.717, 1.165) is 5.56 Å². The second-order valence-corrected chi connectivity index (χ2v) is 2.98. The quantitative estimate of drug-likeness (QED) is 0.470. The molecule has 1 aromatic rings. The Balaban J connectivity index is 3.07. The number of hydrogen-bond donors (Lipinski definition) is 1. The summed E-state index contributed by atoms with van der Waals surface area (Å²) in [7, 11) is 1.58. The zero-order valence-corrected chi connectivity index (χ0v) is 9.15. The van der Waals surface area contributed by atoms with Gasteiger partial charge in [-0.3, -0.25) is 0 Å². The topological polar surface area (TPSA) is 51.0 Å². The van der Waals surface area contributed by atoms with E-state index in [4.69, 9.17) is 14.7 Å². The van der Waals surface area contributed by atoms with Gasteiger partial charge in [0.05, 0.1) is 19.4 Å². The first kappa shape index (κ1) is 11.4. The molecule has 0 amide bonds. The molecule has 0 heterocycles. The predicted octanol–water partition coefficient (Wildman–Crippen LogP) is 2.29. The van der Waals surface area contributed by atoms with Gasteiger partial charge in [-0.2, -0.15) is 0 Å². The molecule has 4 heteroatoms. The van der Waals surface area contributed by atoms with E-state index in [0.29, 0.717) is 23.8 Å². The Labute approximate surface area is 89.1 Å². The van der Waals surface area contributed by atoms with Crippen LogP contribution in [0.4, 0.5) is 0 Å². The molecule has 1 aromatic carbocycles. The third kappa shape index (κ3) is 2.62. The summed E-state index contributed by atoms with van der Waals surface area (Å²) in [4.78, 5) is 0. The summed E-state index contributed by atoms with van der Waals surface area (Å²) in [5.74, 6) is 1.33. The second-order valence-electron chi connectivity index (χ2n) is 2.98. The van der Waals surface area contributed by atoms with Crippen LogP contribution in [0.15, 0.2) is 23.4 Å². The molecule has 0 fully saturated rings. The second kappa shape index (κ2) is 5.24. The van der Waals surface area contributed by atoms with Crippen molar-refractivity contribution >= 4 is 5.71 Å². The average Bonchev–Trinajstić information content (AvgIpc) is 2.29. The third-order valence-corrected chi connectivity index (χ3v) is 2.03. The van der Waals surface area contributed by atoms with Crippen LogP contribution in [-0.2, 0) is 0 Å². The molecule has 0 radical (unpaired) electrons. The van der Waals surface area contributed by atoms with Gasteiger partial charge in [0.15, 0.2) is 11.5 Å². The third-order valence-electron chi connectivity index (χ3n) is 2.03. The molecule has 4 nitrogen and oxygen atoms in total. The monoisotopic (exact) mass is 209 g/mol. The van der Waals surface area contributed by atoms with Crippen molar-refractivity contribution in [2.24, 2.45) is 5.16 Å². The molecular weight excluding hydrogens is 194 g/mol. The minimum atomic E-state index is 0.538. The fourth-order valence-electron chi connectivity index (χ4n) is 1.23. The highest BCUT2D eigenvalue weighted by atomic mass is 16.5. The molecule has 0 bridgehead atoms. The molecule has 0 atom stereocenters. The van der Waals surface area contributed by atoms with Gasteiger partial charge in [-0.1, -0.05) is 5.16 Å². The number of methoxy groups -OCH3 is 1. The number of ether oxygens (including phenoxy) is 2. The van der Waals surface area contributed by atoms with E-state index in [2.05, 4.69) is 5.16 Å². The Morgan fingerprint density at radius 3 is 2.67 bits per heavy atom. The summed E-state index contributed by atoms with van der Waals surface area (Å²) in [5.41, 5.74) is 1.34. The van der Waals surface area contributed by atoms with E-state index in [9.17, 15) is 0 Å². The molecule has 1 N–H and O–H groups in total. The van der Waals surface area contributed by atoms with Crippen LogP contribution in [0.5, 0.6) is 11.5 Å². The maximum Gasteiger partial charge on any atom is 0.161 e. The highest BCUT2D eigenvalue weighted by Gasteiger charge is 2.06. The highest BCUT2D eigenvalue weighted by molar-refractivity contribution is 5.98. The molecule has 0 aliphatic carbocycles. The first-order valence-corrected chi connectivity index (χ1v) is 4.72. The molecule has 0 aliphatic heterocycles. The number of hydrogen-bond acceptors (Lipinski definition) is 4. The molecule has 1 rings (SSSR count). The summed E-state index contributed by atoms with van der Waals surface area (Å²) in [6, 6.07) is 5.40. The molecule has 0 saturated heterocycles. The van der Waals surface area contributed by atoms with Crippen LogP contribution in [-0.4, -0.2) is 24.6 Å². The lowest BCUT2D eigenvalue weighted by Gasteiger charge is -2.10.